The molecule has 3 nitrogen and oxygen atoms in total. The number of amides is 1. The standard InChI is InChI=1S/C25H30N2O/c28-24(12-11-21-7-2-1-3-8-21)26-17-6-18-27-19-15-25(16-20-27)14-13-22-9-4-5-10-23(22)25/h1-5,7-12H,6,13-20H2,(H,26,28)/b12-11+. The van der Waals surface area contributed by atoms with Crippen molar-refractivity contribution in [2.24, 2.45) is 0 Å². The van der Waals surface area contributed by atoms with Crippen LogP contribution in [0.2, 0.25) is 0 Å². The average molecular weight is 375 g/mol. The van der Waals surface area contributed by atoms with Crippen molar-refractivity contribution in [2.75, 3.05) is 26.2 Å². The molecule has 0 unspecified atom stereocenters. The number of benzene rings is 2. The Bertz CT molecular complexity index is 819. The van der Waals surface area contributed by atoms with E-state index < -0.39 is 0 Å². The number of aryl methyl sites for hydroxylation is 1. The molecule has 1 saturated heterocycles. The number of carbonyl (C=O) groups is 1. The van der Waals surface area contributed by atoms with Crippen molar-refractivity contribution < 1.29 is 4.79 Å². The van der Waals surface area contributed by atoms with E-state index >= 15 is 0 Å². The average Bonchev–Trinajstić information content (AvgIpc) is 3.10. The Morgan fingerprint density at radius 1 is 1.00 bits per heavy atom. The second kappa shape index (κ2) is 8.74. The summed E-state index contributed by atoms with van der Waals surface area (Å²) in [4.78, 5) is 14.5. The summed E-state index contributed by atoms with van der Waals surface area (Å²) >= 11 is 0. The molecule has 0 saturated carbocycles. The van der Waals surface area contributed by atoms with Crippen LogP contribution >= 0.6 is 0 Å². The molecule has 28 heavy (non-hydrogen) atoms. The fraction of sp³-hybridized carbons (Fsp3) is 0.400. The monoisotopic (exact) mass is 374 g/mol. The van der Waals surface area contributed by atoms with Crippen LogP contribution in [0.4, 0.5) is 0 Å². The first-order valence-electron chi connectivity index (χ1n) is 10.6. The fourth-order valence-corrected chi connectivity index (χ4v) is 4.80. The zero-order chi connectivity index (χ0) is 19.2. The number of likely N-dealkylation sites (tertiary alicyclic amines) is 1. The van der Waals surface area contributed by atoms with Crippen molar-refractivity contribution in [3.63, 3.8) is 0 Å². The van der Waals surface area contributed by atoms with Crippen molar-refractivity contribution in [1.29, 1.82) is 0 Å². The van der Waals surface area contributed by atoms with Crippen LogP contribution in [0.5, 0.6) is 0 Å². The first-order valence-corrected chi connectivity index (χ1v) is 10.6. The molecule has 1 N–H and O–H groups in total. The second-order valence-corrected chi connectivity index (χ2v) is 8.17. The van der Waals surface area contributed by atoms with Crippen LogP contribution in [0, 0.1) is 0 Å². The Morgan fingerprint density at radius 2 is 1.75 bits per heavy atom. The molecule has 1 fully saturated rings. The summed E-state index contributed by atoms with van der Waals surface area (Å²) in [6.45, 7) is 4.16. The van der Waals surface area contributed by atoms with Crippen LogP contribution in [0.15, 0.2) is 60.7 Å². The van der Waals surface area contributed by atoms with Crippen LogP contribution in [0.3, 0.4) is 0 Å². The zero-order valence-corrected chi connectivity index (χ0v) is 16.6. The summed E-state index contributed by atoms with van der Waals surface area (Å²) in [6.07, 6.45) is 9.61. The van der Waals surface area contributed by atoms with Crippen molar-refractivity contribution in [3.8, 4) is 0 Å². The number of hydrogen-bond acceptors (Lipinski definition) is 2. The van der Waals surface area contributed by atoms with Crippen molar-refractivity contribution in [3.05, 3.63) is 77.4 Å². The van der Waals surface area contributed by atoms with Crippen LogP contribution < -0.4 is 5.32 Å². The molecule has 4 rings (SSSR count). The molecule has 0 aromatic heterocycles. The van der Waals surface area contributed by atoms with E-state index in [0.717, 1.165) is 25.1 Å². The van der Waals surface area contributed by atoms with Crippen LogP contribution in [0.1, 0.15) is 42.4 Å². The molecule has 0 atom stereocenters. The van der Waals surface area contributed by atoms with E-state index in [1.165, 1.54) is 38.8 Å². The fourth-order valence-electron chi connectivity index (χ4n) is 4.80. The molecule has 0 bridgehead atoms. The molecular weight excluding hydrogens is 344 g/mol. The molecule has 1 amide bonds. The SMILES string of the molecule is O=C(/C=C/c1ccccc1)NCCCN1CCC2(CCc3ccccc32)CC1. The van der Waals surface area contributed by atoms with Crippen LogP contribution in [0.25, 0.3) is 6.08 Å². The predicted molar refractivity (Wildman–Crippen MR) is 115 cm³/mol. The molecule has 3 heteroatoms. The topological polar surface area (TPSA) is 32.3 Å². The third-order valence-electron chi connectivity index (χ3n) is 6.45. The number of hydrogen-bond donors (Lipinski definition) is 1. The highest BCUT2D eigenvalue weighted by Crippen LogP contribution is 2.46. The van der Waals surface area contributed by atoms with Crippen molar-refractivity contribution in [2.45, 2.75) is 37.5 Å². The van der Waals surface area contributed by atoms with Gasteiger partial charge in [-0.05, 0) is 79.9 Å². The maximum Gasteiger partial charge on any atom is 0.243 e. The van der Waals surface area contributed by atoms with E-state index in [0.29, 0.717) is 5.41 Å². The van der Waals surface area contributed by atoms with E-state index in [1.807, 2.05) is 36.4 Å². The minimum atomic E-state index is -0.0102. The Labute approximate surface area is 168 Å². The number of rotatable bonds is 6. The van der Waals surface area contributed by atoms with Gasteiger partial charge in [0.2, 0.25) is 5.91 Å². The highest BCUT2D eigenvalue weighted by atomic mass is 16.1. The summed E-state index contributed by atoms with van der Waals surface area (Å²) in [5.74, 6) is -0.0102. The molecule has 1 heterocycles. The smallest absolute Gasteiger partial charge is 0.243 e. The van der Waals surface area contributed by atoms with Gasteiger partial charge in [0, 0.05) is 12.6 Å². The Balaban J connectivity index is 1.17. The van der Waals surface area contributed by atoms with Gasteiger partial charge in [-0.15, -0.1) is 0 Å². The molecule has 1 aliphatic carbocycles. The van der Waals surface area contributed by atoms with Gasteiger partial charge in [-0.3, -0.25) is 4.79 Å². The summed E-state index contributed by atoms with van der Waals surface area (Å²) in [7, 11) is 0. The van der Waals surface area contributed by atoms with E-state index in [2.05, 4.69) is 34.5 Å². The summed E-state index contributed by atoms with van der Waals surface area (Å²) in [6, 6.07) is 19.0. The Hall–Kier alpha value is -2.39. The molecule has 146 valence electrons. The Morgan fingerprint density at radius 3 is 2.57 bits per heavy atom. The third kappa shape index (κ3) is 4.36. The van der Waals surface area contributed by atoms with E-state index in [-0.39, 0.29) is 5.91 Å². The highest BCUT2D eigenvalue weighted by molar-refractivity contribution is 5.91. The van der Waals surface area contributed by atoms with Gasteiger partial charge in [-0.2, -0.15) is 0 Å². The van der Waals surface area contributed by atoms with Gasteiger partial charge in [-0.1, -0.05) is 54.6 Å². The van der Waals surface area contributed by atoms with E-state index in [9.17, 15) is 4.79 Å². The van der Waals surface area contributed by atoms with Crippen LogP contribution in [-0.2, 0) is 16.6 Å². The van der Waals surface area contributed by atoms with Crippen LogP contribution in [-0.4, -0.2) is 37.0 Å². The van der Waals surface area contributed by atoms with E-state index in [1.54, 1.807) is 17.2 Å². The minimum absolute atomic E-state index is 0.0102. The lowest BCUT2D eigenvalue weighted by molar-refractivity contribution is -0.116. The molecule has 2 aromatic carbocycles. The summed E-state index contributed by atoms with van der Waals surface area (Å²) in [5.41, 5.74) is 4.67. The van der Waals surface area contributed by atoms with Gasteiger partial charge in [0.05, 0.1) is 0 Å². The maximum absolute atomic E-state index is 11.9. The first-order chi connectivity index (χ1) is 13.8. The maximum atomic E-state index is 11.9. The van der Waals surface area contributed by atoms with Gasteiger partial charge in [0.25, 0.3) is 0 Å². The van der Waals surface area contributed by atoms with Gasteiger partial charge in [-0.25, -0.2) is 0 Å². The summed E-state index contributed by atoms with van der Waals surface area (Å²) in [5, 5.41) is 3.00. The normalized spacial score (nSPS) is 18.4. The zero-order valence-electron chi connectivity index (χ0n) is 16.6. The molecule has 2 aromatic rings. The highest BCUT2D eigenvalue weighted by Gasteiger charge is 2.40. The van der Waals surface area contributed by atoms with Crippen molar-refractivity contribution in [1.82, 2.24) is 10.2 Å². The van der Waals surface area contributed by atoms with Gasteiger partial charge in [0.15, 0.2) is 0 Å². The van der Waals surface area contributed by atoms with Gasteiger partial charge < -0.3 is 10.2 Å². The quantitative estimate of drug-likeness (QED) is 0.607. The number of fused-ring (bicyclic) bond motifs is 2. The predicted octanol–water partition coefficient (Wildman–Crippen LogP) is 4.19. The molecular formula is C25H30N2O. The van der Waals surface area contributed by atoms with Gasteiger partial charge in [0.1, 0.15) is 0 Å². The first kappa shape index (κ1) is 18.9. The summed E-state index contributed by atoms with van der Waals surface area (Å²) < 4.78 is 0. The van der Waals surface area contributed by atoms with E-state index in [4.69, 9.17) is 0 Å². The van der Waals surface area contributed by atoms with Crippen molar-refractivity contribution >= 4 is 12.0 Å². The third-order valence-corrected chi connectivity index (χ3v) is 6.45. The van der Waals surface area contributed by atoms with Gasteiger partial charge >= 0.3 is 0 Å². The molecule has 2 aliphatic rings. The molecule has 0 radical (unpaired) electrons. The lowest BCUT2D eigenvalue weighted by Gasteiger charge is -2.40. The number of nitrogens with one attached hydrogen (secondary N) is 1. The number of nitrogens with zero attached hydrogens (tertiary/aromatic N) is 1. The second-order valence-electron chi connectivity index (χ2n) is 8.17. The number of piperidine rings is 1. The minimum Gasteiger partial charge on any atom is -0.353 e. The lowest BCUT2D eigenvalue weighted by atomic mass is 9.74. The largest absolute Gasteiger partial charge is 0.353 e. The lowest BCUT2D eigenvalue weighted by Crippen LogP contribution is -2.42. The molecule has 1 aliphatic heterocycles. The molecule has 1 spiro atoms. The Kier molecular flexibility index (Phi) is 5.92. The number of carbonyl (C=O) groups excluding carboxylic acids is 1.